The van der Waals surface area contributed by atoms with E-state index in [9.17, 15) is 4.79 Å². The maximum Gasteiger partial charge on any atom is 0.248 e. The van der Waals surface area contributed by atoms with Crippen LogP contribution in [0.25, 0.3) is 11.5 Å². The lowest BCUT2D eigenvalue weighted by Crippen LogP contribution is -2.25. The molecule has 2 aromatic heterocycles. The molecule has 0 saturated heterocycles. The maximum atomic E-state index is 11.9. The average molecular weight is 362 g/mol. The van der Waals surface area contributed by atoms with E-state index in [2.05, 4.69) is 15.5 Å². The Morgan fingerprint density at radius 3 is 2.96 bits per heavy atom. The van der Waals surface area contributed by atoms with Crippen molar-refractivity contribution in [3.63, 3.8) is 0 Å². The molecular weight excluding hydrogens is 346 g/mol. The Morgan fingerprint density at radius 1 is 1.25 bits per heavy atom. The number of carbonyl (C=O) groups excluding carboxylic acids is 1. The van der Waals surface area contributed by atoms with E-state index in [1.54, 1.807) is 11.3 Å². The van der Waals surface area contributed by atoms with E-state index < -0.39 is 0 Å². The van der Waals surface area contributed by atoms with Gasteiger partial charge in [0.1, 0.15) is 0 Å². The van der Waals surface area contributed by atoms with Gasteiger partial charge in [0, 0.05) is 35.4 Å². The van der Waals surface area contributed by atoms with E-state index in [1.807, 2.05) is 41.1 Å². The second kappa shape index (κ2) is 8.08. The molecule has 3 rings (SSSR count). The molecule has 0 unspecified atom stereocenters. The van der Waals surface area contributed by atoms with Crippen LogP contribution in [0.5, 0.6) is 0 Å². The fraction of sp³-hybridized carbons (Fsp3) is 0.235. The van der Waals surface area contributed by atoms with Gasteiger partial charge < -0.3 is 9.73 Å². The molecule has 1 N–H and O–H groups in total. The van der Waals surface area contributed by atoms with Crippen LogP contribution in [0.2, 0.25) is 5.02 Å². The van der Waals surface area contributed by atoms with E-state index in [-0.39, 0.29) is 5.91 Å². The molecule has 3 aromatic rings. The number of carbonyl (C=O) groups is 1. The van der Waals surface area contributed by atoms with Gasteiger partial charge in [-0.05, 0) is 35.6 Å². The van der Waals surface area contributed by atoms with Crippen molar-refractivity contribution in [1.29, 1.82) is 0 Å². The minimum Gasteiger partial charge on any atom is -0.421 e. The topological polar surface area (TPSA) is 68.0 Å². The fourth-order valence-electron chi connectivity index (χ4n) is 2.21. The molecule has 0 bridgehead atoms. The first kappa shape index (κ1) is 16.7. The van der Waals surface area contributed by atoms with Gasteiger partial charge in [0.25, 0.3) is 0 Å². The number of nitrogens with one attached hydrogen (secondary N) is 1. The molecular formula is C17H16ClN3O2S. The number of hydrogen-bond acceptors (Lipinski definition) is 5. The van der Waals surface area contributed by atoms with E-state index in [0.29, 0.717) is 36.2 Å². The number of benzene rings is 1. The van der Waals surface area contributed by atoms with Gasteiger partial charge >= 0.3 is 0 Å². The summed E-state index contributed by atoms with van der Waals surface area (Å²) in [6.07, 6.45) is 1.50. The van der Waals surface area contributed by atoms with Gasteiger partial charge in [0.05, 0.1) is 0 Å². The Labute approximate surface area is 148 Å². The van der Waals surface area contributed by atoms with Crippen LogP contribution in [0.1, 0.15) is 17.9 Å². The fourth-order valence-corrected chi connectivity index (χ4v) is 3.05. The zero-order valence-electron chi connectivity index (χ0n) is 12.9. The molecule has 0 aliphatic rings. The minimum atomic E-state index is -0.0349. The molecule has 0 atom stereocenters. The predicted molar refractivity (Wildman–Crippen MR) is 94.1 cm³/mol. The van der Waals surface area contributed by atoms with Crippen molar-refractivity contribution in [1.82, 2.24) is 15.5 Å². The second-order valence-corrected chi connectivity index (χ2v) is 6.46. The van der Waals surface area contributed by atoms with Crippen molar-refractivity contribution in [3.05, 3.63) is 57.6 Å². The van der Waals surface area contributed by atoms with E-state index in [4.69, 9.17) is 16.0 Å². The molecule has 0 spiro atoms. The quantitative estimate of drug-likeness (QED) is 0.696. The van der Waals surface area contributed by atoms with Crippen LogP contribution < -0.4 is 5.32 Å². The van der Waals surface area contributed by atoms with Crippen molar-refractivity contribution < 1.29 is 9.21 Å². The molecule has 0 saturated carbocycles. The lowest BCUT2D eigenvalue weighted by molar-refractivity contribution is -0.121. The van der Waals surface area contributed by atoms with E-state index in [1.165, 1.54) is 0 Å². The molecule has 5 nitrogen and oxygen atoms in total. The molecule has 0 aliphatic carbocycles. The summed E-state index contributed by atoms with van der Waals surface area (Å²) in [7, 11) is 0. The summed E-state index contributed by atoms with van der Waals surface area (Å²) < 4.78 is 5.56. The van der Waals surface area contributed by atoms with Gasteiger partial charge in [-0.2, -0.15) is 11.3 Å². The second-order valence-electron chi connectivity index (χ2n) is 5.24. The lowest BCUT2D eigenvalue weighted by Gasteiger charge is -2.04. The standard InChI is InChI=1S/C17H16ClN3O2S/c18-14-3-1-2-12(10-14)6-8-19-15(22)4-5-16-20-21-17(23-16)13-7-9-24-11-13/h1-3,7,9-11H,4-6,8H2,(H,19,22). The highest BCUT2D eigenvalue weighted by molar-refractivity contribution is 7.08. The van der Waals surface area contributed by atoms with Crippen molar-refractivity contribution >= 4 is 28.8 Å². The van der Waals surface area contributed by atoms with Crippen LogP contribution in [-0.4, -0.2) is 22.6 Å². The highest BCUT2D eigenvalue weighted by Crippen LogP contribution is 2.20. The number of nitrogens with zero attached hydrogens (tertiary/aromatic N) is 2. The highest BCUT2D eigenvalue weighted by Gasteiger charge is 2.10. The van der Waals surface area contributed by atoms with Crippen LogP contribution >= 0.6 is 22.9 Å². The van der Waals surface area contributed by atoms with Crippen molar-refractivity contribution in [2.45, 2.75) is 19.3 Å². The van der Waals surface area contributed by atoms with E-state index >= 15 is 0 Å². The van der Waals surface area contributed by atoms with Crippen LogP contribution in [-0.2, 0) is 17.6 Å². The lowest BCUT2D eigenvalue weighted by atomic mass is 10.1. The largest absolute Gasteiger partial charge is 0.421 e. The Bertz CT molecular complexity index is 802. The SMILES string of the molecule is O=C(CCc1nnc(-c2ccsc2)o1)NCCc1cccc(Cl)c1. The average Bonchev–Trinajstić information content (AvgIpc) is 3.24. The number of amides is 1. The summed E-state index contributed by atoms with van der Waals surface area (Å²) in [6, 6.07) is 9.55. The predicted octanol–water partition coefficient (Wildman–Crippen LogP) is 3.74. The van der Waals surface area contributed by atoms with Crippen molar-refractivity contribution in [3.8, 4) is 11.5 Å². The van der Waals surface area contributed by atoms with Gasteiger partial charge in [-0.15, -0.1) is 10.2 Å². The molecule has 2 heterocycles. The molecule has 1 amide bonds. The number of halogens is 1. The summed E-state index contributed by atoms with van der Waals surface area (Å²) in [5, 5.41) is 15.5. The Balaban J connectivity index is 1.41. The van der Waals surface area contributed by atoms with Crippen molar-refractivity contribution in [2.24, 2.45) is 0 Å². The van der Waals surface area contributed by atoms with Gasteiger partial charge in [0.15, 0.2) is 0 Å². The number of thiophene rings is 1. The first-order valence-electron chi connectivity index (χ1n) is 7.57. The number of aryl methyl sites for hydroxylation is 1. The van der Waals surface area contributed by atoms with Crippen LogP contribution in [0.15, 0.2) is 45.5 Å². The summed E-state index contributed by atoms with van der Waals surface area (Å²) in [5.74, 6) is 0.932. The Kier molecular flexibility index (Phi) is 5.61. The number of aromatic nitrogens is 2. The summed E-state index contributed by atoms with van der Waals surface area (Å²) >= 11 is 7.50. The van der Waals surface area contributed by atoms with Gasteiger partial charge in [-0.25, -0.2) is 0 Å². The molecule has 0 fully saturated rings. The van der Waals surface area contributed by atoms with Crippen molar-refractivity contribution in [2.75, 3.05) is 6.54 Å². The molecule has 124 valence electrons. The monoisotopic (exact) mass is 361 g/mol. The van der Waals surface area contributed by atoms with Gasteiger partial charge in [0.2, 0.25) is 17.7 Å². The van der Waals surface area contributed by atoms with Crippen LogP contribution in [0.4, 0.5) is 0 Å². The molecule has 24 heavy (non-hydrogen) atoms. The van der Waals surface area contributed by atoms with Gasteiger partial charge in [-0.1, -0.05) is 23.7 Å². The third-order valence-corrected chi connectivity index (χ3v) is 4.34. The molecule has 1 aromatic carbocycles. The number of hydrogen-bond donors (Lipinski definition) is 1. The van der Waals surface area contributed by atoms with Gasteiger partial charge in [-0.3, -0.25) is 4.79 Å². The Morgan fingerprint density at radius 2 is 2.17 bits per heavy atom. The number of rotatable bonds is 7. The summed E-state index contributed by atoms with van der Waals surface area (Å²) in [5.41, 5.74) is 2.00. The maximum absolute atomic E-state index is 11.9. The smallest absolute Gasteiger partial charge is 0.248 e. The normalized spacial score (nSPS) is 10.7. The zero-order chi connectivity index (χ0) is 16.8. The van der Waals surface area contributed by atoms with E-state index in [0.717, 1.165) is 17.5 Å². The zero-order valence-corrected chi connectivity index (χ0v) is 14.4. The first-order chi connectivity index (χ1) is 11.7. The molecule has 0 radical (unpaired) electrons. The minimum absolute atomic E-state index is 0.0349. The molecule has 7 heteroatoms. The summed E-state index contributed by atoms with van der Waals surface area (Å²) in [4.78, 5) is 11.9. The Hall–Kier alpha value is -2.18. The summed E-state index contributed by atoms with van der Waals surface area (Å²) in [6.45, 7) is 0.573. The highest BCUT2D eigenvalue weighted by atomic mass is 35.5. The molecule has 0 aliphatic heterocycles. The van der Waals surface area contributed by atoms with Crippen LogP contribution in [0.3, 0.4) is 0 Å². The van der Waals surface area contributed by atoms with Crippen LogP contribution in [0, 0.1) is 0 Å². The third-order valence-electron chi connectivity index (χ3n) is 3.43. The first-order valence-corrected chi connectivity index (χ1v) is 8.89. The third kappa shape index (κ3) is 4.66.